The van der Waals surface area contributed by atoms with Crippen molar-refractivity contribution in [2.24, 2.45) is 0 Å². The maximum atomic E-state index is 12.2. The number of halogens is 1. The van der Waals surface area contributed by atoms with Gasteiger partial charge < -0.3 is 20.8 Å². The molecule has 5 aromatic rings. The van der Waals surface area contributed by atoms with Crippen LogP contribution in [0.4, 0.5) is 5.82 Å². The Kier molecular flexibility index (Phi) is 7.04. The number of aromatic hydroxyl groups is 2. The van der Waals surface area contributed by atoms with E-state index in [0.29, 0.717) is 30.0 Å². The highest BCUT2D eigenvalue weighted by Gasteiger charge is 2.13. The maximum absolute atomic E-state index is 12.2. The van der Waals surface area contributed by atoms with Gasteiger partial charge in [0.05, 0.1) is 22.8 Å². The SMILES string of the molecule is O=C(Cc1cccc(O)c1)NCc1ccc(CNc2cc(-c3ccccc3O)nc3c(Br)cnn23)cc1. The third kappa shape index (κ3) is 5.73. The number of nitrogens with zero attached hydrogens (tertiary/aromatic N) is 3. The summed E-state index contributed by atoms with van der Waals surface area (Å²) in [5.41, 5.74) is 4.70. The molecule has 0 fully saturated rings. The molecule has 186 valence electrons. The fourth-order valence-corrected chi connectivity index (χ4v) is 4.32. The largest absolute Gasteiger partial charge is 0.508 e. The van der Waals surface area contributed by atoms with Crippen LogP contribution in [-0.2, 0) is 24.3 Å². The molecule has 9 heteroatoms. The summed E-state index contributed by atoms with van der Waals surface area (Å²) in [5, 5.41) is 30.6. The number of phenolic OH excluding ortho intramolecular Hbond substituents is 2. The second-order valence-corrected chi connectivity index (χ2v) is 9.42. The number of aromatic nitrogens is 3. The number of benzene rings is 3. The van der Waals surface area contributed by atoms with Crippen molar-refractivity contribution in [2.45, 2.75) is 19.5 Å². The zero-order chi connectivity index (χ0) is 25.8. The second kappa shape index (κ2) is 10.7. The van der Waals surface area contributed by atoms with Crippen molar-refractivity contribution in [3.05, 3.63) is 106 Å². The lowest BCUT2D eigenvalue weighted by Crippen LogP contribution is -2.24. The Balaban J connectivity index is 1.24. The number of fused-ring (bicyclic) bond motifs is 1. The van der Waals surface area contributed by atoms with E-state index in [2.05, 4.69) is 36.6 Å². The Morgan fingerprint density at radius 3 is 2.41 bits per heavy atom. The molecule has 37 heavy (non-hydrogen) atoms. The van der Waals surface area contributed by atoms with E-state index < -0.39 is 0 Å². The van der Waals surface area contributed by atoms with Crippen LogP contribution >= 0.6 is 15.9 Å². The third-order valence-electron chi connectivity index (χ3n) is 5.87. The predicted molar refractivity (Wildman–Crippen MR) is 145 cm³/mol. The van der Waals surface area contributed by atoms with E-state index in [1.165, 1.54) is 0 Å². The average molecular weight is 558 g/mol. The first-order chi connectivity index (χ1) is 18.0. The average Bonchev–Trinajstić information content (AvgIpc) is 3.27. The number of carbonyl (C=O) groups excluding carboxylic acids is 1. The van der Waals surface area contributed by atoms with Crippen molar-refractivity contribution in [2.75, 3.05) is 5.32 Å². The fraction of sp³-hybridized carbons (Fsp3) is 0.107. The number of nitrogens with one attached hydrogen (secondary N) is 2. The summed E-state index contributed by atoms with van der Waals surface area (Å²) in [5.74, 6) is 0.933. The molecule has 8 nitrogen and oxygen atoms in total. The topological polar surface area (TPSA) is 112 Å². The molecular formula is C28H24BrN5O3. The highest BCUT2D eigenvalue weighted by Crippen LogP contribution is 2.31. The van der Waals surface area contributed by atoms with E-state index in [1.54, 1.807) is 41.0 Å². The zero-order valence-electron chi connectivity index (χ0n) is 19.7. The van der Waals surface area contributed by atoms with Gasteiger partial charge in [-0.3, -0.25) is 4.79 Å². The number of rotatable bonds is 8. The summed E-state index contributed by atoms with van der Waals surface area (Å²) in [6, 6.07) is 23.6. The molecule has 1 amide bonds. The number of phenols is 2. The Morgan fingerprint density at radius 2 is 1.65 bits per heavy atom. The standard InChI is InChI=1S/C28H24BrN5O3/c29-23-17-32-34-26(14-24(33-28(23)34)22-6-1-2-7-25(22)36)30-15-18-8-10-19(11-9-18)16-31-27(37)13-20-4-3-5-21(35)12-20/h1-12,14,17,30,35-36H,13,15-16H2,(H,31,37). The summed E-state index contributed by atoms with van der Waals surface area (Å²) in [4.78, 5) is 16.9. The molecule has 3 aromatic carbocycles. The van der Waals surface area contributed by atoms with Gasteiger partial charge in [0.15, 0.2) is 5.65 Å². The first-order valence-electron chi connectivity index (χ1n) is 11.7. The Labute approximate surface area is 221 Å². The van der Waals surface area contributed by atoms with Crippen LogP contribution in [0.25, 0.3) is 16.9 Å². The molecule has 0 atom stereocenters. The van der Waals surface area contributed by atoms with E-state index in [4.69, 9.17) is 0 Å². The van der Waals surface area contributed by atoms with Gasteiger partial charge in [-0.15, -0.1) is 0 Å². The molecule has 0 bridgehead atoms. The van der Waals surface area contributed by atoms with Gasteiger partial charge in [0.1, 0.15) is 17.3 Å². The first-order valence-corrected chi connectivity index (χ1v) is 12.4. The lowest BCUT2D eigenvalue weighted by molar-refractivity contribution is -0.120. The Bertz CT molecular complexity index is 1570. The van der Waals surface area contributed by atoms with Crippen molar-refractivity contribution < 1.29 is 15.0 Å². The molecular weight excluding hydrogens is 534 g/mol. The van der Waals surface area contributed by atoms with Crippen LogP contribution in [0, 0.1) is 0 Å². The van der Waals surface area contributed by atoms with Crippen LogP contribution < -0.4 is 10.6 Å². The van der Waals surface area contributed by atoms with Crippen LogP contribution in [0.1, 0.15) is 16.7 Å². The number of para-hydroxylation sites is 1. The smallest absolute Gasteiger partial charge is 0.224 e. The number of carbonyl (C=O) groups is 1. The van der Waals surface area contributed by atoms with Gasteiger partial charge in [-0.25, -0.2) is 4.98 Å². The maximum Gasteiger partial charge on any atom is 0.224 e. The first kappa shape index (κ1) is 24.3. The van der Waals surface area contributed by atoms with E-state index >= 15 is 0 Å². The summed E-state index contributed by atoms with van der Waals surface area (Å²) in [7, 11) is 0. The molecule has 0 aliphatic rings. The third-order valence-corrected chi connectivity index (χ3v) is 6.43. The molecule has 2 heterocycles. The number of anilines is 1. The van der Waals surface area contributed by atoms with Gasteiger partial charge >= 0.3 is 0 Å². The van der Waals surface area contributed by atoms with Gasteiger partial charge in [-0.1, -0.05) is 48.5 Å². The lowest BCUT2D eigenvalue weighted by Gasteiger charge is -2.12. The molecule has 4 N–H and O–H groups in total. The van der Waals surface area contributed by atoms with Gasteiger partial charge in [0.25, 0.3) is 0 Å². The van der Waals surface area contributed by atoms with E-state index in [9.17, 15) is 15.0 Å². The van der Waals surface area contributed by atoms with Crippen molar-refractivity contribution in [1.82, 2.24) is 19.9 Å². The molecule has 0 radical (unpaired) electrons. The van der Waals surface area contributed by atoms with Gasteiger partial charge in [0.2, 0.25) is 5.91 Å². The van der Waals surface area contributed by atoms with Crippen LogP contribution in [-0.4, -0.2) is 30.7 Å². The predicted octanol–water partition coefficient (Wildman–Crippen LogP) is 5.04. The van der Waals surface area contributed by atoms with Crippen LogP contribution in [0.5, 0.6) is 11.5 Å². The zero-order valence-corrected chi connectivity index (χ0v) is 21.3. The molecule has 0 aliphatic heterocycles. The summed E-state index contributed by atoms with van der Waals surface area (Å²) in [6.45, 7) is 0.961. The highest BCUT2D eigenvalue weighted by atomic mass is 79.9. The molecule has 5 rings (SSSR count). The fourth-order valence-electron chi connectivity index (χ4n) is 3.97. The van der Waals surface area contributed by atoms with E-state index in [-0.39, 0.29) is 23.8 Å². The second-order valence-electron chi connectivity index (χ2n) is 8.57. The lowest BCUT2D eigenvalue weighted by atomic mass is 10.1. The van der Waals surface area contributed by atoms with Gasteiger partial charge in [0, 0.05) is 24.7 Å². The normalized spacial score (nSPS) is 10.9. The number of hydrogen-bond donors (Lipinski definition) is 4. The minimum Gasteiger partial charge on any atom is -0.508 e. The minimum absolute atomic E-state index is 0.108. The van der Waals surface area contributed by atoms with E-state index in [1.807, 2.05) is 48.5 Å². The molecule has 0 spiro atoms. The Morgan fingerprint density at radius 1 is 0.892 bits per heavy atom. The molecule has 0 saturated heterocycles. The van der Waals surface area contributed by atoms with Crippen molar-refractivity contribution >= 4 is 33.3 Å². The Hall–Kier alpha value is -4.37. The summed E-state index contributed by atoms with van der Waals surface area (Å²) >= 11 is 3.50. The van der Waals surface area contributed by atoms with Crippen molar-refractivity contribution in [3.63, 3.8) is 0 Å². The molecule has 0 unspecified atom stereocenters. The summed E-state index contributed by atoms with van der Waals surface area (Å²) < 4.78 is 2.47. The van der Waals surface area contributed by atoms with E-state index in [0.717, 1.165) is 27.0 Å². The van der Waals surface area contributed by atoms with Gasteiger partial charge in [-0.05, 0) is 56.9 Å². The van der Waals surface area contributed by atoms with Gasteiger partial charge in [-0.2, -0.15) is 9.61 Å². The van der Waals surface area contributed by atoms with Crippen molar-refractivity contribution in [1.29, 1.82) is 0 Å². The summed E-state index contributed by atoms with van der Waals surface area (Å²) in [6.07, 6.45) is 1.90. The van der Waals surface area contributed by atoms with Crippen LogP contribution in [0.15, 0.2) is 89.5 Å². The minimum atomic E-state index is -0.108. The quantitative estimate of drug-likeness (QED) is 0.212. The molecule has 0 aliphatic carbocycles. The molecule has 2 aromatic heterocycles. The monoisotopic (exact) mass is 557 g/mol. The number of amides is 1. The van der Waals surface area contributed by atoms with Crippen molar-refractivity contribution in [3.8, 4) is 22.8 Å². The van der Waals surface area contributed by atoms with Crippen LogP contribution in [0.3, 0.4) is 0 Å². The number of hydrogen-bond acceptors (Lipinski definition) is 6. The van der Waals surface area contributed by atoms with Crippen LogP contribution in [0.2, 0.25) is 0 Å². The highest BCUT2D eigenvalue weighted by molar-refractivity contribution is 9.10. The molecule has 0 saturated carbocycles.